The van der Waals surface area contributed by atoms with E-state index in [1.807, 2.05) is 30.0 Å². The van der Waals surface area contributed by atoms with Crippen LogP contribution in [0.2, 0.25) is 0 Å². The minimum Gasteiger partial charge on any atom is -0.444 e. The highest BCUT2D eigenvalue weighted by atomic mass is 19.1. The van der Waals surface area contributed by atoms with Gasteiger partial charge in [0.25, 0.3) is 6.01 Å². The molecule has 0 radical (unpaired) electrons. The monoisotopic (exact) mass is 1130 g/mol. The van der Waals surface area contributed by atoms with Crippen molar-refractivity contribution in [3.05, 3.63) is 83.2 Å². The fraction of sp³-hybridized carbons (Fsp3) is 0.554. The van der Waals surface area contributed by atoms with Gasteiger partial charge in [-0.15, -0.1) is 0 Å². The van der Waals surface area contributed by atoms with E-state index in [4.69, 9.17) is 43.6 Å². The van der Waals surface area contributed by atoms with Crippen LogP contribution < -0.4 is 41.7 Å². The van der Waals surface area contributed by atoms with Crippen LogP contribution in [0.15, 0.2) is 65.1 Å². The molecule has 6 N–H and O–H groups in total. The molecule has 4 aliphatic rings. The first-order valence-corrected chi connectivity index (χ1v) is 27.9. The lowest BCUT2D eigenvalue weighted by atomic mass is 9.89. The number of hydrogen-bond acceptors (Lipinski definition) is 17. The van der Waals surface area contributed by atoms with Crippen molar-refractivity contribution >= 4 is 64.2 Å². The summed E-state index contributed by atoms with van der Waals surface area (Å²) >= 11 is 0. The third kappa shape index (κ3) is 17.7. The first-order chi connectivity index (χ1) is 39.4. The largest absolute Gasteiger partial charge is 0.444 e. The number of piperidine rings is 1. The highest BCUT2D eigenvalue weighted by Gasteiger charge is 2.46. The number of nitrogens with two attached hydrogens (primary N) is 1. The molecule has 1 aromatic heterocycles. The number of nitrogens with zero attached hydrogens (tertiary/aromatic N) is 6. The van der Waals surface area contributed by atoms with Gasteiger partial charge in [-0.2, -0.15) is 4.98 Å². The van der Waals surface area contributed by atoms with E-state index in [1.54, 1.807) is 40.1 Å². The maximum absolute atomic E-state index is 14.8. The van der Waals surface area contributed by atoms with Crippen molar-refractivity contribution in [2.24, 2.45) is 5.73 Å². The summed E-state index contributed by atoms with van der Waals surface area (Å²) in [5, 5.41) is 10.6. The Morgan fingerprint density at radius 1 is 0.778 bits per heavy atom. The molecule has 0 bridgehead atoms. The number of hydrogen-bond donors (Lipinski definition) is 5. The molecule has 3 atom stereocenters. The lowest BCUT2D eigenvalue weighted by Gasteiger charge is -2.39. The fourth-order valence-corrected chi connectivity index (χ4v) is 10.3. The van der Waals surface area contributed by atoms with E-state index in [2.05, 4.69) is 31.1 Å². The lowest BCUT2D eigenvalue weighted by molar-refractivity contribution is -0.134. The van der Waals surface area contributed by atoms with Crippen LogP contribution >= 0.6 is 0 Å². The summed E-state index contributed by atoms with van der Waals surface area (Å²) in [7, 11) is 0. The van der Waals surface area contributed by atoms with Crippen molar-refractivity contribution in [2.75, 3.05) is 153 Å². The van der Waals surface area contributed by atoms with Crippen molar-refractivity contribution in [3.63, 3.8) is 0 Å². The second-order valence-electron chi connectivity index (χ2n) is 20.1. The molecule has 3 aromatic carbocycles. The first kappa shape index (κ1) is 59.9. The Morgan fingerprint density at radius 2 is 1.49 bits per heavy atom. The van der Waals surface area contributed by atoms with Gasteiger partial charge in [0.1, 0.15) is 24.0 Å². The second-order valence-corrected chi connectivity index (χ2v) is 20.1. The molecule has 3 fully saturated rings. The molecule has 7 amide bonds. The highest BCUT2D eigenvalue weighted by Crippen LogP contribution is 2.46. The van der Waals surface area contributed by atoms with Crippen LogP contribution in [0.3, 0.4) is 0 Å². The third-order valence-corrected chi connectivity index (χ3v) is 14.6. The molecule has 24 nitrogen and oxygen atoms in total. The quantitative estimate of drug-likeness (QED) is 0.0489. The molecule has 25 heteroatoms. The van der Waals surface area contributed by atoms with Crippen LogP contribution in [-0.2, 0) is 60.8 Å². The lowest BCUT2D eigenvalue weighted by Crippen LogP contribution is -2.52. The van der Waals surface area contributed by atoms with Crippen LogP contribution in [0.1, 0.15) is 55.2 Å². The molecule has 0 spiro atoms. The number of fused-ring (bicyclic) bond motifs is 4. The fourth-order valence-electron chi connectivity index (χ4n) is 10.3. The highest BCUT2D eigenvalue weighted by molar-refractivity contribution is 5.93. The number of rotatable bonds is 29. The van der Waals surface area contributed by atoms with Gasteiger partial charge < -0.3 is 74.5 Å². The van der Waals surface area contributed by atoms with Gasteiger partial charge in [-0.3, -0.25) is 29.0 Å². The average molecular weight is 1130 g/mol. The van der Waals surface area contributed by atoms with E-state index < -0.39 is 35.8 Å². The van der Waals surface area contributed by atoms with Gasteiger partial charge in [0.15, 0.2) is 5.58 Å². The summed E-state index contributed by atoms with van der Waals surface area (Å²) < 4.78 is 54.0. The zero-order chi connectivity index (χ0) is 56.9. The van der Waals surface area contributed by atoms with E-state index in [0.717, 1.165) is 22.3 Å². The Labute approximate surface area is 470 Å². The summed E-state index contributed by atoms with van der Waals surface area (Å²) in [5.41, 5.74) is 10.4. The number of oxazole rings is 1. The first-order valence-electron chi connectivity index (χ1n) is 27.9. The summed E-state index contributed by atoms with van der Waals surface area (Å²) in [4.78, 5) is 91.7. The number of anilines is 3. The smallest absolute Gasteiger partial charge is 0.414 e. The van der Waals surface area contributed by atoms with E-state index >= 15 is 0 Å². The van der Waals surface area contributed by atoms with Gasteiger partial charge >= 0.3 is 12.1 Å². The standard InChI is InChI=1S/C56H76FN11O13/c1-2-75-26-27-78-30-31-79-29-28-76-23-14-52(71)65-19-17-64(18-20-65)37-51(70)60-35-50(69)62-46(4-3-15-59-54(58)73)53(72)61-34-39-5-7-40(8-6-39)38-80-56(74)68-47-13-16-67(36-44(47)43-11-9-41(57)32-48(43)68)42-10-12-45-49(33-42)81-55(63-45)66-21-24-77-25-22-66/h5-12,32-33,44,46-47H,2-4,13-31,34-38H2,1H3,(H,60,70)(H,61,72)(H,62,69)(H3,58,59,73). The summed E-state index contributed by atoms with van der Waals surface area (Å²) in [6, 6.07) is 16.3. The van der Waals surface area contributed by atoms with Gasteiger partial charge in [0.05, 0.1) is 90.7 Å². The Balaban J connectivity index is 0.742. The molecule has 8 rings (SSSR count). The number of benzene rings is 3. The van der Waals surface area contributed by atoms with E-state index in [0.29, 0.717) is 148 Å². The Bertz CT molecular complexity index is 2720. The molecule has 81 heavy (non-hydrogen) atoms. The van der Waals surface area contributed by atoms with Crippen molar-refractivity contribution in [1.29, 1.82) is 0 Å². The van der Waals surface area contributed by atoms with Crippen molar-refractivity contribution < 1.29 is 66.0 Å². The third-order valence-electron chi connectivity index (χ3n) is 14.6. The molecule has 4 aromatic rings. The number of aromatic nitrogens is 1. The number of ether oxygens (including phenoxy) is 6. The molecular formula is C56H76FN11O13. The summed E-state index contributed by atoms with van der Waals surface area (Å²) in [6.07, 6.45) is 0.752. The Hall–Kier alpha value is -7.16. The molecule has 0 aliphatic carbocycles. The molecule has 4 aliphatic heterocycles. The number of piperazine rings is 1. The predicted molar refractivity (Wildman–Crippen MR) is 296 cm³/mol. The summed E-state index contributed by atoms with van der Waals surface area (Å²) in [5.74, 6) is -2.04. The van der Waals surface area contributed by atoms with Crippen LogP contribution in [-0.4, -0.2) is 201 Å². The normalized spacial score (nSPS) is 17.6. The maximum atomic E-state index is 14.8. The SMILES string of the molecule is CCOCCOCCOCCOCCC(=O)N1CCN(CC(=O)NCC(=O)NC(CCCNC(N)=O)C(=O)NCc2ccc(COC(=O)N3c4cc(F)ccc4C4CN(c5ccc6nc(N7CCOCC7)oc6c5)CCC43)cc2)CC1. The number of carbonyl (C=O) groups is 6. The zero-order valence-electron chi connectivity index (χ0n) is 46.0. The molecule has 0 saturated carbocycles. The van der Waals surface area contributed by atoms with E-state index in [9.17, 15) is 33.2 Å². The number of nitrogens with one attached hydrogen (secondary N) is 4. The minimum absolute atomic E-state index is 0.0243. The van der Waals surface area contributed by atoms with Crippen LogP contribution in [0.25, 0.3) is 11.1 Å². The topological polar surface area (TPSA) is 274 Å². The van der Waals surface area contributed by atoms with Gasteiger partial charge in [0, 0.05) is 89.7 Å². The summed E-state index contributed by atoms with van der Waals surface area (Å²) in [6.45, 7) is 11.2. The number of amides is 7. The minimum atomic E-state index is -0.998. The van der Waals surface area contributed by atoms with Gasteiger partial charge in [-0.05, 0) is 67.1 Å². The van der Waals surface area contributed by atoms with Crippen LogP contribution in [0, 0.1) is 5.82 Å². The maximum Gasteiger partial charge on any atom is 0.414 e. The van der Waals surface area contributed by atoms with Crippen LogP contribution in [0.4, 0.5) is 31.4 Å². The number of primary amides is 1. The average Bonchev–Trinajstić information content (AvgIpc) is 3.73. The van der Waals surface area contributed by atoms with Gasteiger partial charge in [0.2, 0.25) is 23.6 Å². The van der Waals surface area contributed by atoms with E-state index in [1.165, 1.54) is 12.1 Å². The number of urea groups is 1. The number of carbonyl (C=O) groups excluding carboxylic acids is 6. The molecule has 3 saturated heterocycles. The zero-order valence-corrected chi connectivity index (χ0v) is 46.0. The number of halogens is 1. The van der Waals surface area contributed by atoms with Crippen LogP contribution in [0.5, 0.6) is 0 Å². The molecular weight excluding hydrogens is 1050 g/mol. The molecule has 3 unspecified atom stereocenters. The van der Waals surface area contributed by atoms with E-state index in [-0.39, 0.29) is 76.0 Å². The predicted octanol–water partition coefficient (Wildman–Crippen LogP) is 2.61. The Morgan fingerprint density at radius 3 is 2.22 bits per heavy atom. The molecule has 440 valence electrons. The van der Waals surface area contributed by atoms with Gasteiger partial charge in [-0.1, -0.05) is 30.3 Å². The van der Waals surface area contributed by atoms with Gasteiger partial charge in [-0.25, -0.2) is 14.0 Å². The second kappa shape index (κ2) is 30.6. The Kier molecular flexibility index (Phi) is 22.6. The molecule has 5 heterocycles. The van der Waals surface area contributed by atoms with Crippen molar-refractivity contribution in [1.82, 2.24) is 36.1 Å². The number of morpholine rings is 1. The van der Waals surface area contributed by atoms with Crippen molar-refractivity contribution in [2.45, 2.75) is 63.8 Å². The van der Waals surface area contributed by atoms with Crippen molar-refractivity contribution in [3.8, 4) is 0 Å².